The van der Waals surface area contributed by atoms with E-state index in [1.54, 1.807) is 18.2 Å². The molecule has 2 amide bonds. The van der Waals surface area contributed by atoms with Crippen LogP contribution in [0.3, 0.4) is 0 Å². The molecule has 0 aliphatic rings. The number of amides is 2. The molecule has 140 valence electrons. The third kappa shape index (κ3) is 6.20. The Morgan fingerprint density at radius 3 is 2.44 bits per heavy atom. The van der Waals surface area contributed by atoms with E-state index in [0.717, 1.165) is 0 Å². The molecule has 0 aromatic heterocycles. The lowest BCUT2D eigenvalue weighted by molar-refractivity contribution is -0.385. The molecule has 0 aliphatic carbocycles. The van der Waals surface area contributed by atoms with Gasteiger partial charge in [-0.25, -0.2) is 0 Å². The van der Waals surface area contributed by atoms with E-state index in [4.69, 9.17) is 28.6 Å². The molecule has 11 heteroatoms. The molecule has 0 spiro atoms. The Bertz CT molecular complexity index is 875. The van der Waals surface area contributed by atoms with Gasteiger partial charge in [0, 0.05) is 16.7 Å². The number of para-hydroxylation sites is 2. The minimum atomic E-state index is -0.656. The van der Waals surface area contributed by atoms with Crippen molar-refractivity contribution in [2.75, 3.05) is 6.61 Å². The van der Waals surface area contributed by atoms with Crippen LogP contribution in [-0.2, 0) is 4.79 Å². The summed E-state index contributed by atoms with van der Waals surface area (Å²) in [6.45, 7) is -0.494. The number of hydrazine groups is 1. The van der Waals surface area contributed by atoms with Gasteiger partial charge in [0.1, 0.15) is 0 Å². The number of rotatable bonds is 5. The van der Waals surface area contributed by atoms with Crippen LogP contribution in [0.1, 0.15) is 10.4 Å². The highest BCUT2D eigenvalue weighted by Crippen LogP contribution is 2.25. The van der Waals surface area contributed by atoms with E-state index >= 15 is 0 Å². The minimum absolute atomic E-state index is 0.0451. The van der Waals surface area contributed by atoms with Gasteiger partial charge in [-0.1, -0.05) is 23.7 Å². The van der Waals surface area contributed by atoms with Crippen molar-refractivity contribution in [1.29, 1.82) is 0 Å². The zero-order chi connectivity index (χ0) is 19.8. The third-order valence-corrected chi connectivity index (χ3v) is 3.53. The number of nitrogens with one attached hydrogen (secondary N) is 3. The summed E-state index contributed by atoms with van der Waals surface area (Å²) in [7, 11) is 0. The minimum Gasteiger partial charge on any atom is -0.477 e. The van der Waals surface area contributed by atoms with Crippen LogP contribution in [-0.4, -0.2) is 28.5 Å². The van der Waals surface area contributed by atoms with Gasteiger partial charge >= 0.3 is 5.69 Å². The number of thiocarbonyl (C=S) groups is 1. The first-order valence-electron chi connectivity index (χ1n) is 7.39. The summed E-state index contributed by atoms with van der Waals surface area (Å²) in [6, 6.07) is 11.8. The van der Waals surface area contributed by atoms with Crippen LogP contribution in [0, 0.1) is 10.1 Å². The number of hydrogen-bond donors (Lipinski definition) is 3. The molecule has 9 nitrogen and oxygen atoms in total. The topological polar surface area (TPSA) is 123 Å². The second kappa shape index (κ2) is 9.46. The number of carbonyl (C=O) groups excluding carboxylic acids is 2. The van der Waals surface area contributed by atoms with Gasteiger partial charge in [-0.05, 0) is 42.5 Å². The monoisotopic (exact) mass is 408 g/mol. The Morgan fingerprint density at radius 1 is 1.11 bits per heavy atom. The first kappa shape index (κ1) is 20.1. The molecule has 0 fully saturated rings. The van der Waals surface area contributed by atoms with Crippen LogP contribution < -0.4 is 20.9 Å². The van der Waals surface area contributed by atoms with Crippen LogP contribution in [0.5, 0.6) is 5.75 Å². The molecule has 0 aliphatic heterocycles. The third-order valence-electron chi connectivity index (χ3n) is 3.07. The van der Waals surface area contributed by atoms with E-state index in [0.29, 0.717) is 10.6 Å². The van der Waals surface area contributed by atoms with Gasteiger partial charge in [0.25, 0.3) is 11.8 Å². The van der Waals surface area contributed by atoms with Gasteiger partial charge in [0.15, 0.2) is 17.5 Å². The zero-order valence-corrected chi connectivity index (χ0v) is 15.2. The van der Waals surface area contributed by atoms with Gasteiger partial charge in [-0.3, -0.25) is 35.9 Å². The zero-order valence-electron chi connectivity index (χ0n) is 13.6. The van der Waals surface area contributed by atoms with Gasteiger partial charge in [-0.2, -0.15) is 0 Å². The Balaban J connectivity index is 1.78. The predicted molar refractivity (Wildman–Crippen MR) is 101 cm³/mol. The highest BCUT2D eigenvalue weighted by atomic mass is 35.5. The number of benzene rings is 2. The average Bonchev–Trinajstić information content (AvgIpc) is 2.65. The first-order valence-corrected chi connectivity index (χ1v) is 8.17. The molecule has 0 atom stereocenters. The van der Waals surface area contributed by atoms with Crippen molar-refractivity contribution in [2.45, 2.75) is 0 Å². The van der Waals surface area contributed by atoms with E-state index in [2.05, 4.69) is 16.2 Å². The van der Waals surface area contributed by atoms with Crippen LogP contribution >= 0.6 is 23.8 Å². The Morgan fingerprint density at radius 2 is 1.78 bits per heavy atom. The average molecular weight is 409 g/mol. The molecule has 27 heavy (non-hydrogen) atoms. The summed E-state index contributed by atoms with van der Waals surface area (Å²) < 4.78 is 5.12. The van der Waals surface area contributed by atoms with Gasteiger partial charge in [0.2, 0.25) is 0 Å². The van der Waals surface area contributed by atoms with Crippen molar-refractivity contribution >= 4 is 46.4 Å². The summed E-state index contributed by atoms with van der Waals surface area (Å²) in [4.78, 5) is 33.9. The van der Waals surface area contributed by atoms with Gasteiger partial charge in [-0.15, -0.1) is 0 Å². The second-order valence-electron chi connectivity index (χ2n) is 4.98. The van der Waals surface area contributed by atoms with Crippen molar-refractivity contribution in [2.24, 2.45) is 0 Å². The fraction of sp³-hybridized carbons (Fsp3) is 0.0625. The van der Waals surface area contributed by atoms with E-state index in [1.807, 2.05) is 0 Å². The molecule has 3 N–H and O–H groups in total. The molecule has 2 aromatic rings. The molecule has 0 saturated heterocycles. The van der Waals surface area contributed by atoms with E-state index in [1.165, 1.54) is 30.3 Å². The van der Waals surface area contributed by atoms with Crippen LogP contribution in [0.4, 0.5) is 5.69 Å². The largest absolute Gasteiger partial charge is 0.477 e. The number of nitro benzene ring substituents is 1. The lowest BCUT2D eigenvalue weighted by Crippen LogP contribution is -2.49. The van der Waals surface area contributed by atoms with E-state index < -0.39 is 23.3 Å². The lowest BCUT2D eigenvalue weighted by atomic mass is 10.2. The molecule has 0 bridgehead atoms. The van der Waals surface area contributed by atoms with Crippen LogP contribution in [0.25, 0.3) is 0 Å². The van der Waals surface area contributed by atoms with Crippen molar-refractivity contribution in [3.63, 3.8) is 0 Å². The maximum atomic E-state index is 11.9. The second-order valence-corrected chi connectivity index (χ2v) is 5.82. The van der Waals surface area contributed by atoms with E-state index in [9.17, 15) is 19.7 Å². The highest BCUT2D eigenvalue weighted by Gasteiger charge is 2.15. The summed E-state index contributed by atoms with van der Waals surface area (Å²) in [5.74, 6) is -1.19. The fourth-order valence-corrected chi connectivity index (χ4v) is 2.11. The number of ether oxygens (including phenoxy) is 1. The van der Waals surface area contributed by atoms with Crippen molar-refractivity contribution < 1.29 is 19.2 Å². The summed E-state index contributed by atoms with van der Waals surface area (Å²) in [6.07, 6.45) is 0. The van der Waals surface area contributed by atoms with E-state index in [-0.39, 0.29) is 16.5 Å². The quantitative estimate of drug-likeness (QED) is 0.392. The standard InChI is InChI=1S/C16H13ClN4O5S/c17-11-7-5-10(6-8-11)15(23)18-16(27)20-19-14(22)9-26-13-4-2-1-3-12(13)21(24)25/h1-8H,9H2,(H,19,22)(H2,18,20,23,27). The molecular formula is C16H13ClN4O5S. The number of carbonyl (C=O) groups is 2. The molecule has 0 unspecified atom stereocenters. The van der Waals surface area contributed by atoms with Crippen molar-refractivity contribution in [3.8, 4) is 5.75 Å². The molecule has 2 aromatic carbocycles. The number of halogens is 1. The molecular weight excluding hydrogens is 396 g/mol. The highest BCUT2D eigenvalue weighted by molar-refractivity contribution is 7.80. The Kier molecular flexibility index (Phi) is 7.03. The molecule has 0 radical (unpaired) electrons. The Hall–Kier alpha value is -3.24. The number of nitrogens with zero attached hydrogens (tertiary/aromatic N) is 1. The lowest BCUT2D eigenvalue weighted by Gasteiger charge is -2.11. The number of hydrogen-bond acceptors (Lipinski definition) is 6. The molecule has 0 heterocycles. The summed E-state index contributed by atoms with van der Waals surface area (Å²) >= 11 is 10.6. The normalized spacial score (nSPS) is 9.81. The molecule has 0 saturated carbocycles. The van der Waals surface area contributed by atoms with Gasteiger partial charge in [0.05, 0.1) is 4.92 Å². The predicted octanol–water partition coefficient (Wildman–Crippen LogP) is 1.96. The number of nitro groups is 1. The Labute approximate surface area is 163 Å². The summed E-state index contributed by atoms with van der Waals surface area (Å²) in [5, 5.41) is 13.6. The first-order chi connectivity index (χ1) is 12.9. The maximum Gasteiger partial charge on any atom is 0.310 e. The SMILES string of the molecule is O=C(COc1ccccc1[N+](=O)[O-])NNC(=S)NC(=O)c1ccc(Cl)cc1. The summed E-state index contributed by atoms with van der Waals surface area (Å²) in [5.41, 5.74) is 4.60. The van der Waals surface area contributed by atoms with Crippen LogP contribution in [0.2, 0.25) is 5.02 Å². The van der Waals surface area contributed by atoms with Gasteiger partial charge < -0.3 is 4.74 Å². The maximum absolute atomic E-state index is 11.9. The van der Waals surface area contributed by atoms with Crippen LogP contribution in [0.15, 0.2) is 48.5 Å². The van der Waals surface area contributed by atoms with Crippen molar-refractivity contribution in [3.05, 3.63) is 69.2 Å². The van der Waals surface area contributed by atoms with Crippen molar-refractivity contribution in [1.82, 2.24) is 16.2 Å². The fourth-order valence-electron chi connectivity index (χ4n) is 1.84. The molecule has 2 rings (SSSR count). The smallest absolute Gasteiger partial charge is 0.310 e.